The number of nitrogens with zero attached hydrogens (tertiary/aromatic N) is 3. The molecule has 0 saturated carbocycles. The number of carbonyl (C=O) groups excluding carboxylic acids is 1. The van der Waals surface area contributed by atoms with Crippen LogP contribution in [0.3, 0.4) is 0 Å². The second-order valence-corrected chi connectivity index (χ2v) is 7.14. The maximum atomic E-state index is 13.4. The van der Waals surface area contributed by atoms with Gasteiger partial charge in [-0.15, -0.1) is 0 Å². The van der Waals surface area contributed by atoms with E-state index in [2.05, 4.69) is 10.4 Å². The third-order valence-corrected chi connectivity index (χ3v) is 5.05. The molecule has 0 fully saturated rings. The normalized spacial score (nSPS) is 10.7. The lowest BCUT2D eigenvalue weighted by molar-refractivity contribution is 0.102. The van der Waals surface area contributed by atoms with E-state index in [0.29, 0.717) is 34.3 Å². The topological polar surface area (TPSA) is 70.3 Å². The number of amides is 1. The smallest absolute Gasteiger partial charge is 0.261 e. The number of anilines is 1. The van der Waals surface area contributed by atoms with Crippen LogP contribution in [0.4, 0.5) is 5.69 Å². The van der Waals surface area contributed by atoms with Gasteiger partial charge in [0.1, 0.15) is 17.1 Å². The predicted octanol–water partition coefficient (Wildman–Crippen LogP) is 4.55. The molecule has 2 aromatic heterocycles. The van der Waals surface area contributed by atoms with Gasteiger partial charge in [-0.25, -0.2) is 4.68 Å². The summed E-state index contributed by atoms with van der Waals surface area (Å²) < 4.78 is 14.3. The fourth-order valence-electron chi connectivity index (χ4n) is 3.45. The molecular weight excluding hydrogens is 392 g/mol. The van der Waals surface area contributed by atoms with E-state index < -0.39 is 0 Å². The first-order chi connectivity index (χ1) is 15.0. The average molecular weight is 416 g/mol. The van der Waals surface area contributed by atoms with Crippen LogP contribution in [-0.4, -0.2) is 34.5 Å². The number of aromatic nitrogens is 3. The zero-order chi connectivity index (χ0) is 22.0. The summed E-state index contributed by atoms with van der Waals surface area (Å²) in [5.41, 5.74) is 3.68. The van der Waals surface area contributed by atoms with E-state index >= 15 is 0 Å². The molecule has 0 atom stereocenters. The highest BCUT2D eigenvalue weighted by atomic mass is 16.5. The first kappa shape index (κ1) is 20.3. The lowest BCUT2D eigenvalue weighted by atomic mass is 10.2. The number of methoxy groups -OCH3 is 2. The van der Waals surface area contributed by atoms with E-state index in [1.54, 1.807) is 37.1 Å². The van der Waals surface area contributed by atoms with Gasteiger partial charge in [-0.3, -0.25) is 4.79 Å². The molecular formula is C24H24N4O3. The minimum absolute atomic E-state index is 0.275. The Morgan fingerprint density at radius 3 is 2.32 bits per heavy atom. The quantitative estimate of drug-likeness (QED) is 0.501. The number of carbonyl (C=O) groups is 1. The number of rotatable bonds is 6. The number of hydrogen-bond acceptors (Lipinski definition) is 4. The summed E-state index contributed by atoms with van der Waals surface area (Å²) in [6.07, 6.45) is 3.79. The molecule has 0 saturated heterocycles. The molecule has 1 N–H and O–H groups in total. The highest BCUT2D eigenvalue weighted by Gasteiger charge is 2.24. The molecule has 7 heteroatoms. The van der Waals surface area contributed by atoms with Crippen molar-refractivity contribution in [2.24, 2.45) is 0 Å². The Hall–Kier alpha value is -4.00. The molecule has 0 spiro atoms. The zero-order valence-corrected chi connectivity index (χ0v) is 17.9. The van der Waals surface area contributed by atoms with Gasteiger partial charge >= 0.3 is 0 Å². The monoisotopic (exact) mass is 416 g/mol. The van der Waals surface area contributed by atoms with Crippen LogP contribution in [0.15, 0.2) is 67.0 Å². The predicted molar refractivity (Wildman–Crippen MR) is 120 cm³/mol. The summed E-state index contributed by atoms with van der Waals surface area (Å²) in [5, 5.41) is 7.64. The Kier molecular flexibility index (Phi) is 5.49. The van der Waals surface area contributed by atoms with E-state index in [9.17, 15) is 4.79 Å². The molecule has 158 valence electrons. The molecule has 0 unspecified atom stereocenters. The average Bonchev–Trinajstić information content (AvgIpc) is 3.42. The van der Waals surface area contributed by atoms with Crippen molar-refractivity contribution >= 4 is 11.6 Å². The summed E-state index contributed by atoms with van der Waals surface area (Å²) in [6, 6.07) is 17.1. The highest BCUT2D eigenvalue weighted by molar-refractivity contribution is 6.08. The maximum Gasteiger partial charge on any atom is 0.261 e. The fourth-order valence-corrected chi connectivity index (χ4v) is 3.45. The van der Waals surface area contributed by atoms with Crippen LogP contribution < -0.4 is 14.8 Å². The Bertz CT molecular complexity index is 1210. The summed E-state index contributed by atoms with van der Waals surface area (Å²) >= 11 is 0. The van der Waals surface area contributed by atoms with Gasteiger partial charge in [0.05, 0.1) is 31.3 Å². The lowest BCUT2D eigenvalue weighted by Gasteiger charge is -2.13. The van der Waals surface area contributed by atoms with E-state index in [1.807, 2.05) is 67.2 Å². The van der Waals surface area contributed by atoms with Crippen molar-refractivity contribution in [3.8, 4) is 23.0 Å². The Morgan fingerprint density at radius 2 is 1.68 bits per heavy atom. The minimum Gasteiger partial charge on any atom is -0.497 e. The third-order valence-electron chi connectivity index (χ3n) is 5.05. The van der Waals surface area contributed by atoms with Gasteiger partial charge < -0.3 is 19.4 Å². The zero-order valence-electron chi connectivity index (χ0n) is 17.9. The first-order valence-corrected chi connectivity index (χ1v) is 9.85. The van der Waals surface area contributed by atoms with Crippen LogP contribution in [0, 0.1) is 13.8 Å². The van der Waals surface area contributed by atoms with Crippen molar-refractivity contribution < 1.29 is 14.3 Å². The van der Waals surface area contributed by atoms with Crippen molar-refractivity contribution in [3.63, 3.8) is 0 Å². The van der Waals surface area contributed by atoms with Gasteiger partial charge in [-0.1, -0.05) is 17.7 Å². The third kappa shape index (κ3) is 3.90. The summed E-state index contributed by atoms with van der Waals surface area (Å²) in [4.78, 5) is 13.4. The molecule has 0 aliphatic carbocycles. The molecule has 0 radical (unpaired) electrons. The SMILES string of the molecule is COc1ccc(NC(=O)c2c(C)nn(-c3ccc(C)cc3)c2-n2cccc2)c(OC)c1. The molecule has 4 aromatic rings. The fraction of sp³-hybridized carbons (Fsp3) is 0.167. The number of aryl methyl sites for hydroxylation is 2. The highest BCUT2D eigenvalue weighted by Crippen LogP contribution is 2.31. The molecule has 0 aliphatic heterocycles. The second kappa shape index (κ2) is 8.39. The van der Waals surface area contributed by atoms with E-state index in [-0.39, 0.29) is 5.91 Å². The molecule has 2 aromatic carbocycles. The van der Waals surface area contributed by atoms with Crippen molar-refractivity contribution in [2.45, 2.75) is 13.8 Å². The van der Waals surface area contributed by atoms with Crippen LogP contribution in [0.2, 0.25) is 0 Å². The molecule has 1 amide bonds. The molecule has 31 heavy (non-hydrogen) atoms. The number of nitrogens with one attached hydrogen (secondary N) is 1. The summed E-state index contributed by atoms with van der Waals surface area (Å²) in [6.45, 7) is 3.87. The number of ether oxygens (including phenoxy) is 2. The number of hydrogen-bond donors (Lipinski definition) is 1. The summed E-state index contributed by atoms with van der Waals surface area (Å²) in [7, 11) is 3.13. The Morgan fingerprint density at radius 1 is 0.968 bits per heavy atom. The van der Waals surface area contributed by atoms with E-state index in [0.717, 1.165) is 11.3 Å². The second-order valence-electron chi connectivity index (χ2n) is 7.14. The number of benzene rings is 2. The lowest BCUT2D eigenvalue weighted by Crippen LogP contribution is -2.16. The van der Waals surface area contributed by atoms with E-state index in [1.165, 1.54) is 0 Å². The summed E-state index contributed by atoms with van der Waals surface area (Å²) in [5.74, 6) is 1.55. The van der Waals surface area contributed by atoms with Crippen LogP contribution in [-0.2, 0) is 0 Å². The molecule has 2 heterocycles. The van der Waals surface area contributed by atoms with Crippen LogP contribution >= 0.6 is 0 Å². The van der Waals surface area contributed by atoms with Crippen LogP contribution in [0.1, 0.15) is 21.6 Å². The van der Waals surface area contributed by atoms with Gasteiger partial charge in [0, 0.05) is 18.5 Å². The van der Waals surface area contributed by atoms with Crippen LogP contribution in [0.25, 0.3) is 11.5 Å². The Balaban J connectivity index is 1.80. The van der Waals surface area contributed by atoms with Gasteiger partial charge in [-0.2, -0.15) is 5.10 Å². The van der Waals surface area contributed by atoms with Crippen molar-refractivity contribution in [1.82, 2.24) is 14.3 Å². The molecule has 0 aliphatic rings. The van der Waals surface area contributed by atoms with Gasteiger partial charge in [0.25, 0.3) is 5.91 Å². The molecule has 0 bridgehead atoms. The standard InChI is InChI=1S/C24H24N4O3/c1-16-7-9-18(10-8-16)28-24(27-13-5-6-14-27)22(17(2)26-28)23(29)25-20-12-11-19(30-3)15-21(20)31-4/h5-15H,1-4H3,(H,25,29). The van der Waals surface area contributed by atoms with Crippen molar-refractivity contribution in [3.05, 3.63) is 83.8 Å². The minimum atomic E-state index is -0.275. The Labute approximate surface area is 180 Å². The van der Waals surface area contributed by atoms with Gasteiger partial charge in [0.2, 0.25) is 0 Å². The van der Waals surface area contributed by atoms with Crippen molar-refractivity contribution in [2.75, 3.05) is 19.5 Å². The van der Waals surface area contributed by atoms with E-state index in [4.69, 9.17) is 9.47 Å². The van der Waals surface area contributed by atoms with Gasteiger partial charge in [0.15, 0.2) is 5.82 Å². The largest absolute Gasteiger partial charge is 0.497 e. The van der Waals surface area contributed by atoms with Crippen molar-refractivity contribution in [1.29, 1.82) is 0 Å². The van der Waals surface area contributed by atoms with Gasteiger partial charge in [-0.05, 0) is 50.2 Å². The molecule has 4 rings (SSSR count). The molecule has 7 nitrogen and oxygen atoms in total. The first-order valence-electron chi connectivity index (χ1n) is 9.85. The maximum absolute atomic E-state index is 13.4. The van der Waals surface area contributed by atoms with Crippen LogP contribution in [0.5, 0.6) is 11.5 Å².